The summed E-state index contributed by atoms with van der Waals surface area (Å²) in [4.78, 5) is 10.5. The highest BCUT2D eigenvalue weighted by atomic mass is 19.1. The lowest BCUT2D eigenvalue weighted by Crippen LogP contribution is -2.31. The van der Waals surface area contributed by atoms with Crippen LogP contribution in [0.1, 0.15) is 20.8 Å². The van der Waals surface area contributed by atoms with E-state index in [2.05, 4.69) is 5.18 Å². The number of benzene rings is 1. The highest BCUT2D eigenvalue weighted by molar-refractivity contribution is 5.22. The first-order valence-electron chi connectivity index (χ1n) is 5.16. The predicted octanol–water partition coefficient (Wildman–Crippen LogP) is 3.39. The molecule has 1 atom stereocenters. The molecule has 1 unspecified atom stereocenters. The van der Waals surface area contributed by atoms with Crippen LogP contribution in [0.15, 0.2) is 29.4 Å². The number of nitrogens with zero attached hydrogens (tertiary/aromatic N) is 1. The summed E-state index contributed by atoms with van der Waals surface area (Å²) in [5.41, 5.74) is -0.337. The smallest absolute Gasteiger partial charge is 0.123 e. The average molecular weight is 225 g/mol. The van der Waals surface area contributed by atoms with Crippen LogP contribution in [-0.2, 0) is 0 Å². The highest BCUT2D eigenvalue weighted by Gasteiger charge is 2.27. The second-order valence-electron chi connectivity index (χ2n) is 4.51. The molecule has 0 aliphatic carbocycles. The van der Waals surface area contributed by atoms with Crippen molar-refractivity contribution < 1.29 is 9.13 Å². The largest absolute Gasteiger partial charge is 0.493 e. The van der Waals surface area contributed by atoms with Crippen molar-refractivity contribution in [3.63, 3.8) is 0 Å². The fraction of sp³-hybridized carbons (Fsp3) is 0.500. The number of nitroso groups, excluding NO2 is 1. The van der Waals surface area contributed by atoms with Crippen molar-refractivity contribution in [2.75, 3.05) is 6.61 Å². The Bertz CT molecular complexity index is 349. The van der Waals surface area contributed by atoms with E-state index in [1.165, 1.54) is 12.1 Å². The van der Waals surface area contributed by atoms with Crippen molar-refractivity contribution >= 4 is 0 Å². The fourth-order valence-corrected chi connectivity index (χ4v) is 1.06. The van der Waals surface area contributed by atoms with Crippen LogP contribution in [0.25, 0.3) is 0 Å². The number of ether oxygens (including phenoxy) is 1. The minimum absolute atomic E-state index is 0.297. The standard InChI is InChI=1S/C12H16FNO2/c1-9(14-15)12(2,3)8-16-11-6-4-10(13)5-7-11/h4-7,9H,8H2,1-3H3. The third kappa shape index (κ3) is 3.29. The second-order valence-corrected chi connectivity index (χ2v) is 4.51. The Hall–Kier alpha value is -1.45. The Morgan fingerprint density at radius 2 is 1.94 bits per heavy atom. The molecule has 88 valence electrons. The van der Waals surface area contributed by atoms with Gasteiger partial charge in [0, 0.05) is 5.41 Å². The van der Waals surface area contributed by atoms with E-state index in [0.29, 0.717) is 12.4 Å². The van der Waals surface area contributed by atoms with Gasteiger partial charge in [-0.25, -0.2) is 4.39 Å². The number of halogens is 1. The molecule has 0 aliphatic heterocycles. The molecule has 1 rings (SSSR count). The van der Waals surface area contributed by atoms with E-state index in [1.807, 2.05) is 13.8 Å². The van der Waals surface area contributed by atoms with E-state index in [1.54, 1.807) is 19.1 Å². The van der Waals surface area contributed by atoms with Crippen LogP contribution in [0.5, 0.6) is 5.75 Å². The molecule has 0 aromatic heterocycles. The quantitative estimate of drug-likeness (QED) is 0.720. The molecule has 4 heteroatoms. The molecule has 0 aliphatic rings. The van der Waals surface area contributed by atoms with Gasteiger partial charge in [-0.15, -0.1) is 0 Å². The van der Waals surface area contributed by atoms with Gasteiger partial charge in [0.05, 0.1) is 12.6 Å². The lowest BCUT2D eigenvalue weighted by atomic mass is 9.87. The first-order valence-corrected chi connectivity index (χ1v) is 5.16. The van der Waals surface area contributed by atoms with E-state index in [-0.39, 0.29) is 17.3 Å². The molecular formula is C12H16FNO2. The predicted molar refractivity (Wildman–Crippen MR) is 60.9 cm³/mol. The van der Waals surface area contributed by atoms with Crippen LogP contribution in [0.3, 0.4) is 0 Å². The summed E-state index contributed by atoms with van der Waals surface area (Å²) in [5, 5.41) is 3.00. The van der Waals surface area contributed by atoms with Crippen molar-refractivity contribution in [3.05, 3.63) is 35.0 Å². The summed E-state index contributed by atoms with van der Waals surface area (Å²) < 4.78 is 18.1. The number of hydrogen-bond donors (Lipinski definition) is 0. The summed E-state index contributed by atoms with van der Waals surface area (Å²) in [6.07, 6.45) is 0. The lowest BCUT2D eigenvalue weighted by molar-refractivity contribution is 0.156. The van der Waals surface area contributed by atoms with Gasteiger partial charge in [0.2, 0.25) is 0 Å². The normalized spacial score (nSPS) is 13.2. The summed E-state index contributed by atoms with van der Waals surface area (Å²) >= 11 is 0. The maximum absolute atomic E-state index is 12.6. The van der Waals surface area contributed by atoms with Gasteiger partial charge in [-0.1, -0.05) is 19.0 Å². The van der Waals surface area contributed by atoms with Gasteiger partial charge in [-0.2, -0.15) is 4.91 Å². The minimum Gasteiger partial charge on any atom is -0.493 e. The van der Waals surface area contributed by atoms with Crippen molar-refractivity contribution in [3.8, 4) is 5.75 Å². The molecule has 0 amide bonds. The van der Waals surface area contributed by atoms with Gasteiger partial charge in [-0.05, 0) is 31.2 Å². The highest BCUT2D eigenvalue weighted by Crippen LogP contribution is 2.24. The Kier molecular flexibility index (Phi) is 3.99. The Labute approximate surface area is 94.6 Å². The summed E-state index contributed by atoms with van der Waals surface area (Å²) in [7, 11) is 0. The molecule has 3 nitrogen and oxygen atoms in total. The molecule has 0 N–H and O–H groups in total. The van der Waals surface area contributed by atoms with Gasteiger partial charge in [0.1, 0.15) is 11.6 Å². The van der Waals surface area contributed by atoms with Crippen molar-refractivity contribution in [1.82, 2.24) is 0 Å². The average Bonchev–Trinajstić information content (AvgIpc) is 2.27. The monoisotopic (exact) mass is 225 g/mol. The third-order valence-corrected chi connectivity index (χ3v) is 2.71. The molecule has 0 fully saturated rings. The third-order valence-electron chi connectivity index (χ3n) is 2.71. The van der Waals surface area contributed by atoms with E-state index < -0.39 is 0 Å². The van der Waals surface area contributed by atoms with Gasteiger partial charge in [-0.3, -0.25) is 0 Å². The minimum atomic E-state index is -0.337. The lowest BCUT2D eigenvalue weighted by Gasteiger charge is -2.26. The summed E-state index contributed by atoms with van der Waals surface area (Å²) in [6, 6.07) is 5.47. The zero-order valence-electron chi connectivity index (χ0n) is 9.74. The molecule has 0 bridgehead atoms. The fourth-order valence-electron chi connectivity index (χ4n) is 1.06. The van der Waals surface area contributed by atoms with Crippen molar-refractivity contribution in [2.24, 2.45) is 10.6 Å². The number of hydrogen-bond acceptors (Lipinski definition) is 3. The molecule has 0 spiro atoms. The van der Waals surface area contributed by atoms with Crippen molar-refractivity contribution in [1.29, 1.82) is 0 Å². The topological polar surface area (TPSA) is 38.7 Å². The van der Waals surface area contributed by atoms with E-state index in [0.717, 1.165) is 0 Å². The van der Waals surface area contributed by atoms with Gasteiger partial charge in [0.25, 0.3) is 0 Å². The van der Waals surface area contributed by atoms with E-state index in [9.17, 15) is 9.30 Å². The molecule has 1 aromatic carbocycles. The summed E-state index contributed by atoms with van der Waals surface area (Å²) in [6.45, 7) is 5.93. The maximum Gasteiger partial charge on any atom is 0.123 e. The number of rotatable bonds is 5. The van der Waals surface area contributed by atoms with Gasteiger partial charge >= 0.3 is 0 Å². The second kappa shape index (κ2) is 5.05. The molecule has 16 heavy (non-hydrogen) atoms. The van der Waals surface area contributed by atoms with Crippen LogP contribution in [0, 0.1) is 16.1 Å². The molecule has 0 saturated heterocycles. The van der Waals surface area contributed by atoms with E-state index >= 15 is 0 Å². The van der Waals surface area contributed by atoms with Crippen LogP contribution in [0.4, 0.5) is 4.39 Å². The Morgan fingerprint density at radius 3 is 2.44 bits per heavy atom. The van der Waals surface area contributed by atoms with Crippen molar-refractivity contribution in [2.45, 2.75) is 26.8 Å². The Morgan fingerprint density at radius 1 is 1.38 bits per heavy atom. The van der Waals surface area contributed by atoms with Crippen LogP contribution < -0.4 is 4.74 Å². The zero-order chi connectivity index (χ0) is 12.2. The molecule has 0 heterocycles. The van der Waals surface area contributed by atoms with Crippen LogP contribution >= 0.6 is 0 Å². The maximum atomic E-state index is 12.6. The van der Waals surface area contributed by atoms with Gasteiger partial charge < -0.3 is 4.74 Å². The SMILES string of the molecule is CC(N=O)C(C)(C)COc1ccc(F)cc1. The molecule has 1 aromatic rings. The first kappa shape index (κ1) is 12.6. The van der Waals surface area contributed by atoms with Crippen LogP contribution in [0.2, 0.25) is 0 Å². The first-order chi connectivity index (χ1) is 7.45. The molecule has 0 radical (unpaired) electrons. The molecule has 0 saturated carbocycles. The summed E-state index contributed by atoms with van der Waals surface area (Å²) in [5.74, 6) is 0.294. The van der Waals surface area contributed by atoms with Crippen LogP contribution in [-0.4, -0.2) is 12.6 Å². The van der Waals surface area contributed by atoms with E-state index in [4.69, 9.17) is 4.74 Å². The Balaban J connectivity index is 2.57. The molecular weight excluding hydrogens is 209 g/mol. The van der Waals surface area contributed by atoms with Gasteiger partial charge in [0.15, 0.2) is 0 Å². The zero-order valence-corrected chi connectivity index (χ0v) is 9.74.